The lowest BCUT2D eigenvalue weighted by atomic mass is 9.16. The fraction of sp³-hybridized carbons (Fsp3) is 0.100. The Hall–Kier alpha value is -5.45. The molecule has 17 heteroatoms. The Morgan fingerprint density at radius 1 is 0.298 bits per heavy atom. The van der Waals surface area contributed by atoms with E-state index in [0.29, 0.717) is 0 Å². The predicted octanol–water partition coefficient (Wildman–Crippen LogP) is 9.70. The van der Waals surface area contributed by atoms with E-state index in [-0.39, 0.29) is 6.82 Å². The van der Waals surface area contributed by atoms with Crippen molar-refractivity contribution < 1.29 is 65.9 Å². The summed E-state index contributed by atoms with van der Waals surface area (Å²) in [5, 5.41) is 0. The molecular formula is C40H24BF15Si. The normalized spacial score (nSPS) is 11.4. The Kier molecular flexibility index (Phi) is 13.0. The zero-order chi connectivity index (χ0) is 41.9. The number of rotatable bonds is 9. The first-order valence-electron chi connectivity index (χ1n) is 16.6. The highest BCUT2D eigenvalue weighted by molar-refractivity contribution is 7.11. The van der Waals surface area contributed by atoms with Crippen LogP contribution in [0.15, 0.2) is 91.0 Å². The lowest BCUT2D eigenvalue weighted by molar-refractivity contribution is 0.379. The second-order valence-electron chi connectivity index (χ2n) is 13.0. The highest BCUT2D eigenvalue weighted by Gasteiger charge is 2.45. The van der Waals surface area contributed by atoms with Crippen LogP contribution in [-0.4, -0.2) is 14.9 Å². The molecule has 57 heavy (non-hydrogen) atoms. The maximum atomic E-state index is 14.6. The molecule has 0 amide bonds. The molecule has 6 rings (SSSR count). The van der Waals surface area contributed by atoms with Crippen LogP contribution >= 0.6 is 0 Å². The van der Waals surface area contributed by atoms with Gasteiger partial charge in [0.15, 0.2) is 52.4 Å². The van der Waals surface area contributed by atoms with Crippen LogP contribution in [0.5, 0.6) is 0 Å². The molecule has 296 valence electrons. The van der Waals surface area contributed by atoms with Gasteiger partial charge in [-0.25, -0.2) is 65.9 Å². The van der Waals surface area contributed by atoms with Crippen LogP contribution in [0.2, 0.25) is 6.82 Å². The summed E-state index contributed by atoms with van der Waals surface area (Å²) < 4.78 is 212. The summed E-state index contributed by atoms with van der Waals surface area (Å²) in [5.74, 6) is -45.1. The van der Waals surface area contributed by atoms with Gasteiger partial charge in [0.05, 0.1) is 18.1 Å². The van der Waals surface area contributed by atoms with E-state index in [2.05, 4.69) is 91.0 Å². The van der Waals surface area contributed by atoms with Gasteiger partial charge in [0.25, 0.3) is 0 Å². The molecule has 6 aromatic rings. The second-order valence-corrected chi connectivity index (χ2v) is 15.5. The molecule has 0 atom stereocenters. The molecule has 0 heterocycles. The monoisotopic (exact) mass is 828 g/mol. The van der Waals surface area contributed by atoms with Crippen LogP contribution in [0.4, 0.5) is 65.9 Å². The summed E-state index contributed by atoms with van der Waals surface area (Å²) in [5.41, 5.74) is -3.47. The van der Waals surface area contributed by atoms with Crippen molar-refractivity contribution in [3.05, 3.63) is 195 Å². The molecule has 0 spiro atoms. The van der Waals surface area contributed by atoms with Gasteiger partial charge in [-0.15, -0.1) is 16.4 Å². The molecule has 0 radical (unpaired) electrons. The molecule has 0 unspecified atom stereocenters. The molecular weight excluding hydrogens is 804 g/mol. The quantitative estimate of drug-likeness (QED) is 0.0590. The van der Waals surface area contributed by atoms with Crippen molar-refractivity contribution in [1.29, 1.82) is 0 Å². The van der Waals surface area contributed by atoms with Gasteiger partial charge in [0, 0.05) is 0 Å². The van der Waals surface area contributed by atoms with Crippen LogP contribution in [0.25, 0.3) is 0 Å². The van der Waals surface area contributed by atoms with Crippen molar-refractivity contribution in [2.45, 2.75) is 25.0 Å². The molecule has 0 saturated carbocycles. The molecule has 0 N–H and O–H groups in total. The number of benzene rings is 6. The lowest BCUT2D eigenvalue weighted by Crippen LogP contribution is -2.71. The third kappa shape index (κ3) is 8.20. The third-order valence-corrected chi connectivity index (χ3v) is 12.1. The van der Waals surface area contributed by atoms with Crippen molar-refractivity contribution in [3.63, 3.8) is 0 Å². The van der Waals surface area contributed by atoms with E-state index in [4.69, 9.17) is 0 Å². The first-order valence-corrected chi connectivity index (χ1v) is 18.8. The molecule has 0 saturated heterocycles. The second kappa shape index (κ2) is 17.4. The van der Waals surface area contributed by atoms with Crippen molar-refractivity contribution in [3.8, 4) is 0 Å². The lowest BCUT2D eigenvalue weighted by Gasteiger charge is -2.40. The van der Waals surface area contributed by atoms with Crippen molar-refractivity contribution >= 4 is 31.3 Å². The van der Waals surface area contributed by atoms with Gasteiger partial charge in [-0.2, -0.15) is 6.82 Å². The van der Waals surface area contributed by atoms with Gasteiger partial charge in [-0.05, 0) is 16.7 Å². The maximum absolute atomic E-state index is 14.6. The van der Waals surface area contributed by atoms with Crippen LogP contribution in [0, 0.1) is 87.3 Å². The smallest absolute Gasteiger partial charge is 0.207 e. The van der Waals surface area contributed by atoms with E-state index in [9.17, 15) is 65.9 Å². The Bertz CT molecular complexity index is 2060. The average Bonchev–Trinajstić information content (AvgIpc) is 3.20. The fourth-order valence-electron chi connectivity index (χ4n) is 6.66. The molecule has 0 aliphatic rings. The van der Waals surface area contributed by atoms with Crippen LogP contribution < -0.4 is 16.4 Å². The number of hydrogen-bond acceptors (Lipinski definition) is 0. The molecule has 6 aromatic carbocycles. The van der Waals surface area contributed by atoms with E-state index in [1.54, 1.807) is 0 Å². The summed E-state index contributed by atoms with van der Waals surface area (Å²) in [6, 6.07) is 36.5. The Labute approximate surface area is 316 Å². The fourth-order valence-corrected chi connectivity index (χ4v) is 9.47. The highest BCUT2D eigenvalue weighted by atomic mass is 28.3. The van der Waals surface area contributed by atoms with E-state index >= 15 is 0 Å². The molecule has 0 fully saturated rings. The van der Waals surface area contributed by atoms with Crippen molar-refractivity contribution in [2.75, 3.05) is 0 Å². The van der Waals surface area contributed by atoms with Crippen molar-refractivity contribution in [1.82, 2.24) is 0 Å². The molecule has 0 aliphatic carbocycles. The number of hydrogen-bond donors (Lipinski definition) is 0. The maximum Gasteiger partial charge on any atom is 0.328 e. The molecule has 0 bridgehead atoms. The zero-order valence-corrected chi connectivity index (χ0v) is 30.0. The Morgan fingerprint density at radius 2 is 0.474 bits per heavy atom. The average molecular weight is 828 g/mol. The third-order valence-electron chi connectivity index (χ3n) is 9.35. The highest BCUT2D eigenvalue weighted by Crippen LogP contribution is 2.28. The van der Waals surface area contributed by atoms with Crippen LogP contribution in [0.3, 0.4) is 0 Å². The van der Waals surface area contributed by atoms with Gasteiger partial charge in [-0.1, -0.05) is 91.0 Å². The van der Waals surface area contributed by atoms with E-state index in [1.165, 1.54) is 34.8 Å². The summed E-state index contributed by atoms with van der Waals surface area (Å²) in [6.45, 7) is -0.213. The minimum atomic E-state index is -5.41. The SMILES string of the molecule is C[B-](c1c(F)c(F)c(F)c(F)c1F)(c1c(F)c(F)c(F)c(F)c1F)c1c(F)c(F)c(F)c(F)c1F.c1ccc(C[Si+](Cc2ccccc2)Cc2ccccc2)cc1. The largest absolute Gasteiger partial charge is 0.328 e. The summed E-state index contributed by atoms with van der Waals surface area (Å²) >= 11 is 0. The minimum Gasteiger partial charge on any atom is -0.207 e. The molecule has 0 nitrogen and oxygen atoms in total. The zero-order valence-electron chi connectivity index (χ0n) is 29.0. The summed E-state index contributed by atoms with van der Waals surface area (Å²) in [6.07, 6.45) is -5.41. The van der Waals surface area contributed by atoms with Crippen LogP contribution in [-0.2, 0) is 18.1 Å². The minimum absolute atomic E-state index is 0.213. The predicted molar refractivity (Wildman–Crippen MR) is 185 cm³/mol. The molecule has 0 aliphatic heterocycles. The van der Waals surface area contributed by atoms with E-state index < -0.39 is 119 Å². The Balaban J connectivity index is 0.000000241. The number of halogens is 15. The first kappa shape index (κ1) is 42.7. The standard InChI is InChI=1S/C21H21Si.C19H3BF15/c1-4-10-19(11-5-1)16-22(17-20-12-6-2-7-13-20)18-21-14-8-3-9-15-21;1-20(2-5(21)11(27)17(33)12(28)6(2)22,3-7(23)13(29)18(34)14(30)8(3)24)4-9(25)15(31)19(35)16(32)10(4)26/h1-15H,16-18H2;1H3/q+1;-1. The molecule has 0 aromatic heterocycles. The van der Waals surface area contributed by atoms with E-state index in [0.717, 1.165) is 0 Å². The van der Waals surface area contributed by atoms with Crippen LogP contribution in [0.1, 0.15) is 16.7 Å². The topological polar surface area (TPSA) is 0 Å². The van der Waals surface area contributed by atoms with Gasteiger partial charge in [-0.3, -0.25) is 0 Å². The van der Waals surface area contributed by atoms with Gasteiger partial charge >= 0.3 is 8.80 Å². The van der Waals surface area contributed by atoms with Gasteiger partial charge < -0.3 is 0 Å². The van der Waals surface area contributed by atoms with Gasteiger partial charge in [0.2, 0.25) is 0 Å². The first-order chi connectivity index (χ1) is 26.9. The summed E-state index contributed by atoms with van der Waals surface area (Å²) in [4.78, 5) is 0. The summed E-state index contributed by atoms with van der Waals surface area (Å²) in [7, 11) is -0.502. The van der Waals surface area contributed by atoms with Crippen molar-refractivity contribution in [2.24, 2.45) is 0 Å². The van der Waals surface area contributed by atoms with E-state index in [1.807, 2.05) is 0 Å². The Morgan fingerprint density at radius 3 is 0.667 bits per heavy atom. The van der Waals surface area contributed by atoms with Gasteiger partial charge in [0.1, 0.15) is 41.0 Å².